The van der Waals surface area contributed by atoms with Gasteiger partial charge < -0.3 is 10.6 Å². The van der Waals surface area contributed by atoms with E-state index in [9.17, 15) is 18.4 Å². The lowest BCUT2D eigenvalue weighted by Crippen LogP contribution is -2.29. The number of halogens is 3. The summed E-state index contributed by atoms with van der Waals surface area (Å²) in [5, 5.41) is 5.48. The molecule has 0 aliphatic heterocycles. The third-order valence-corrected chi connectivity index (χ3v) is 3.46. The minimum absolute atomic E-state index is 0.128. The van der Waals surface area contributed by atoms with Crippen molar-refractivity contribution in [2.24, 2.45) is 0 Å². The van der Waals surface area contributed by atoms with Crippen LogP contribution in [0.1, 0.15) is 24.9 Å². The van der Waals surface area contributed by atoms with E-state index < -0.39 is 23.6 Å². The average molecular weight is 353 g/mol. The molecule has 7 heteroatoms. The fourth-order valence-corrected chi connectivity index (χ4v) is 2.40. The first-order valence-electron chi connectivity index (χ1n) is 7.12. The Balaban J connectivity index is 2.13. The maximum atomic E-state index is 13.6. The molecule has 0 spiro atoms. The van der Waals surface area contributed by atoms with Crippen molar-refractivity contribution in [3.8, 4) is 0 Å². The van der Waals surface area contributed by atoms with Gasteiger partial charge in [0.15, 0.2) is 0 Å². The fourth-order valence-electron chi connectivity index (χ4n) is 2.20. The average Bonchev–Trinajstić information content (AvgIpc) is 2.49. The Hall–Kier alpha value is -2.47. The maximum absolute atomic E-state index is 13.6. The fraction of sp³-hybridized carbons (Fsp3) is 0.176. The van der Waals surface area contributed by atoms with Gasteiger partial charge in [0, 0.05) is 18.0 Å². The number of hydrogen-bond donors (Lipinski definition) is 2. The number of carbonyl (C=O) groups excluding carboxylic acids is 2. The third kappa shape index (κ3) is 5.03. The van der Waals surface area contributed by atoms with Gasteiger partial charge in [-0.3, -0.25) is 9.59 Å². The predicted octanol–water partition coefficient (Wildman–Crippen LogP) is 3.82. The molecule has 1 unspecified atom stereocenters. The molecule has 0 aliphatic carbocycles. The molecule has 1 atom stereocenters. The first-order valence-corrected chi connectivity index (χ1v) is 7.50. The summed E-state index contributed by atoms with van der Waals surface area (Å²) >= 11 is 5.93. The quantitative estimate of drug-likeness (QED) is 0.859. The van der Waals surface area contributed by atoms with Crippen LogP contribution in [-0.4, -0.2) is 11.8 Å². The van der Waals surface area contributed by atoms with Gasteiger partial charge in [-0.05, 0) is 29.8 Å². The zero-order valence-electron chi connectivity index (χ0n) is 12.8. The number of rotatable bonds is 5. The minimum Gasteiger partial charge on any atom is -0.349 e. The van der Waals surface area contributed by atoms with E-state index in [4.69, 9.17) is 11.6 Å². The van der Waals surface area contributed by atoms with Gasteiger partial charge in [-0.15, -0.1) is 0 Å². The Morgan fingerprint density at radius 2 is 1.92 bits per heavy atom. The summed E-state index contributed by atoms with van der Waals surface area (Å²) in [4.78, 5) is 23.5. The molecule has 0 aromatic heterocycles. The van der Waals surface area contributed by atoms with Crippen molar-refractivity contribution in [3.05, 3.63) is 64.7 Å². The molecule has 0 aliphatic rings. The second-order valence-electron chi connectivity index (χ2n) is 5.18. The first kappa shape index (κ1) is 17.9. The SMILES string of the molecule is CC(=O)NC(CC(=O)Nc1ccc(F)cc1F)c1cccc(Cl)c1. The highest BCUT2D eigenvalue weighted by atomic mass is 35.5. The zero-order chi connectivity index (χ0) is 17.7. The van der Waals surface area contributed by atoms with Gasteiger partial charge in [-0.1, -0.05) is 23.7 Å². The van der Waals surface area contributed by atoms with Crippen molar-refractivity contribution in [2.75, 3.05) is 5.32 Å². The van der Waals surface area contributed by atoms with Crippen molar-refractivity contribution < 1.29 is 18.4 Å². The standard InChI is InChI=1S/C17H15ClF2N2O2/c1-10(23)21-16(11-3-2-4-12(18)7-11)9-17(24)22-15-6-5-13(19)8-14(15)20/h2-8,16H,9H2,1H3,(H,21,23)(H,22,24). The summed E-state index contributed by atoms with van der Waals surface area (Å²) in [6.45, 7) is 1.33. The summed E-state index contributed by atoms with van der Waals surface area (Å²) < 4.78 is 26.5. The molecule has 2 aromatic rings. The van der Waals surface area contributed by atoms with Crippen LogP contribution in [-0.2, 0) is 9.59 Å². The Morgan fingerprint density at radius 3 is 2.54 bits per heavy atom. The monoisotopic (exact) mass is 352 g/mol. The van der Waals surface area contributed by atoms with E-state index in [0.29, 0.717) is 16.7 Å². The van der Waals surface area contributed by atoms with Crippen molar-refractivity contribution in [1.29, 1.82) is 0 Å². The second-order valence-corrected chi connectivity index (χ2v) is 5.62. The third-order valence-electron chi connectivity index (χ3n) is 3.22. The lowest BCUT2D eigenvalue weighted by atomic mass is 10.0. The summed E-state index contributed by atoms with van der Waals surface area (Å²) in [5.41, 5.74) is 0.515. The molecule has 126 valence electrons. The summed E-state index contributed by atoms with van der Waals surface area (Å²) in [6, 6.07) is 8.96. The number of amides is 2. The van der Waals surface area contributed by atoms with Crippen LogP contribution >= 0.6 is 11.6 Å². The molecule has 24 heavy (non-hydrogen) atoms. The van der Waals surface area contributed by atoms with E-state index in [1.54, 1.807) is 24.3 Å². The summed E-state index contributed by atoms with van der Waals surface area (Å²) in [5.74, 6) is -2.46. The van der Waals surface area contributed by atoms with Crippen LogP contribution in [0.15, 0.2) is 42.5 Å². The molecule has 2 aromatic carbocycles. The van der Waals surface area contributed by atoms with Crippen molar-refractivity contribution in [1.82, 2.24) is 5.32 Å². The number of nitrogens with one attached hydrogen (secondary N) is 2. The van der Waals surface area contributed by atoms with Crippen molar-refractivity contribution in [2.45, 2.75) is 19.4 Å². The van der Waals surface area contributed by atoms with Gasteiger partial charge in [-0.2, -0.15) is 0 Å². The highest BCUT2D eigenvalue weighted by Gasteiger charge is 2.18. The molecule has 2 N–H and O–H groups in total. The van der Waals surface area contributed by atoms with Crippen LogP contribution in [0.2, 0.25) is 5.02 Å². The number of anilines is 1. The lowest BCUT2D eigenvalue weighted by Gasteiger charge is -2.18. The van der Waals surface area contributed by atoms with Crippen LogP contribution in [0.25, 0.3) is 0 Å². The molecular weight excluding hydrogens is 338 g/mol. The first-order chi connectivity index (χ1) is 11.3. The number of benzene rings is 2. The zero-order valence-corrected chi connectivity index (χ0v) is 13.5. The van der Waals surface area contributed by atoms with Crippen LogP contribution < -0.4 is 10.6 Å². The molecule has 0 bridgehead atoms. The molecular formula is C17H15ClF2N2O2. The van der Waals surface area contributed by atoms with E-state index >= 15 is 0 Å². The highest BCUT2D eigenvalue weighted by Crippen LogP contribution is 2.22. The molecule has 2 amide bonds. The predicted molar refractivity (Wildman–Crippen MR) is 87.6 cm³/mol. The Labute approximate surface area is 142 Å². The van der Waals surface area contributed by atoms with Crippen molar-refractivity contribution in [3.63, 3.8) is 0 Å². The Kier molecular flexibility index (Phi) is 5.87. The van der Waals surface area contributed by atoms with E-state index in [1.807, 2.05) is 0 Å². The van der Waals surface area contributed by atoms with Gasteiger partial charge >= 0.3 is 0 Å². The molecule has 0 radical (unpaired) electrons. The van der Waals surface area contributed by atoms with Crippen LogP contribution in [0.3, 0.4) is 0 Å². The van der Waals surface area contributed by atoms with E-state index in [1.165, 1.54) is 6.92 Å². The summed E-state index contributed by atoms with van der Waals surface area (Å²) in [7, 11) is 0. The Morgan fingerprint density at radius 1 is 1.17 bits per heavy atom. The van der Waals surface area contributed by atoms with E-state index in [0.717, 1.165) is 12.1 Å². The number of hydrogen-bond acceptors (Lipinski definition) is 2. The number of carbonyl (C=O) groups is 2. The smallest absolute Gasteiger partial charge is 0.226 e. The van der Waals surface area contributed by atoms with Gasteiger partial charge in [0.2, 0.25) is 11.8 Å². The van der Waals surface area contributed by atoms with Gasteiger partial charge in [0.25, 0.3) is 0 Å². The molecule has 4 nitrogen and oxygen atoms in total. The maximum Gasteiger partial charge on any atom is 0.226 e. The molecule has 0 fully saturated rings. The van der Waals surface area contributed by atoms with Gasteiger partial charge in [0.05, 0.1) is 18.2 Å². The normalized spacial score (nSPS) is 11.7. The highest BCUT2D eigenvalue weighted by molar-refractivity contribution is 6.30. The molecule has 2 rings (SSSR count). The largest absolute Gasteiger partial charge is 0.349 e. The molecule has 0 heterocycles. The van der Waals surface area contributed by atoms with E-state index in [2.05, 4.69) is 10.6 Å². The Bertz CT molecular complexity index is 768. The van der Waals surface area contributed by atoms with Gasteiger partial charge in [-0.25, -0.2) is 8.78 Å². The topological polar surface area (TPSA) is 58.2 Å². The lowest BCUT2D eigenvalue weighted by molar-refractivity contribution is -0.120. The molecule has 0 saturated heterocycles. The van der Waals surface area contributed by atoms with Crippen molar-refractivity contribution >= 4 is 29.1 Å². The summed E-state index contributed by atoms with van der Waals surface area (Å²) in [6.07, 6.45) is -0.128. The molecule has 0 saturated carbocycles. The van der Waals surface area contributed by atoms with Crippen LogP contribution in [0, 0.1) is 11.6 Å². The van der Waals surface area contributed by atoms with Crippen LogP contribution in [0.5, 0.6) is 0 Å². The minimum atomic E-state index is -0.873. The second kappa shape index (κ2) is 7.88. The van der Waals surface area contributed by atoms with Crippen LogP contribution in [0.4, 0.5) is 14.5 Å². The van der Waals surface area contributed by atoms with E-state index in [-0.39, 0.29) is 18.0 Å². The van der Waals surface area contributed by atoms with Gasteiger partial charge in [0.1, 0.15) is 11.6 Å².